The van der Waals surface area contributed by atoms with Gasteiger partial charge in [-0.05, 0) is 11.4 Å². The minimum absolute atomic E-state index is 0.197. The smallest absolute Gasteiger partial charge is 0.331 e. The second-order valence-electron chi connectivity index (χ2n) is 3.43. The number of amides is 1. The third-order valence-corrected chi connectivity index (χ3v) is 3.10. The fourth-order valence-corrected chi connectivity index (χ4v) is 1.87. The van der Waals surface area contributed by atoms with Crippen molar-refractivity contribution in [3.05, 3.63) is 22.4 Å². The Morgan fingerprint density at radius 1 is 1.62 bits per heavy atom. The molecule has 0 aliphatic rings. The molecule has 16 heavy (non-hydrogen) atoms. The molecule has 0 saturated carbocycles. The van der Waals surface area contributed by atoms with E-state index < -0.39 is 12.0 Å². The predicted octanol–water partition coefficient (Wildman–Crippen LogP) is 0.585. The van der Waals surface area contributed by atoms with E-state index in [9.17, 15) is 9.59 Å². The average Bonchev–Trinajstić information content (AvgIpc) is 2.76. The lowest BCUT2D eigenvalue weighted by atomic mass is 10.1. The summed E-state index contributed by atoms with van der Waals surface area (Å²) < 4.78 is 0. The monoisotopic (exact) mass is 242 g/mol. The summed E-state index contributed by atoms with van der Waals surface area (Å²) in [6.45, 7) is 1.85. The Balaban J connectivity index is 2.74. The van der Waals surface area contributed by atoms with Crippen LogP contribution in [0.4, 0.5) is 0 Å². The maximum atomic E-state index is 11.5. The van der Waals surface area contributed by atoms with Crippen LogP contribution in [0.3, 0.4) is 0 Å². The van der Waals surface area contributed by atoms with Gasteiger partial charge in [0.1, 0.15) is 0 Å². The van der Waals surface area contributed by atoms with Crippen molar-refractivity contribution in [3.8, 4) is 0 Å². The van der Waals surface area contributed by atoms with Gasteiger partial charge in [0.15, 0.2) is 6.04 Å². The van der Waals surface area contributed by atoms with Gasteiger partial charge in [0.25, 0.3) is 0 Å². The molecule has 0 aromatic carbocycles. The fraction of sp³-hybridized carbons (Fsp3) is 0.400. The van der Waals surface area contributed by atoms with E-state index in [1.54, 1.807) is 24.4 Å². The molecule has 0 bridgehead atoms. The number of nitrogens with one attached hydrogen (secondary N) is 1. The molecule has 1 aromatic heterocycles. The fourth-order valence-electron chi connectivity index (χ4n) is 1.10. The number of hydrogen-bond acceptors (Lipinski definition) is 4. The zero-order valence-corrected chi connectivity index (χ0v) is 9.66. The van der Waals surface area contributed by atoms with E-state index in [0.717, 1.165) is 0 Å². The first-order chi connectivity index (χ1) is 7.56. The van der Waals surface area contributed by atoms with Crippen molar-refractivity contribution in [1.29, 1.82) is 0 Å². The molecule has 2 atom stereocenters. The van der Waals surface area contributed by atoms with Crippen LogP contribution in [0, 0.1) is 5.92 Å². The summed E-state index contributed by atoms with van der Waals surface area (Å²) in [5.41, 5.74) is 5.34. The van der Waals surface area contributed by atoms with Crippen LogP contribution in [0.15, 0.2) is 17.5 Å². The molecule has 4 N–H and O–H groups in total. The number of aliphatic carboxylic acids is 1. The minimum Gasteiger partial charge on any atom is -0.479 e. The highest BCUT2D eigenvalue weighted by Gasteiger charge is 2.24. The lowest BCUT2D eigenvalue weighted by Gasteiger charge is -2.15. The van der Waals surface area contributed by atoms with Gasteiger partial charge in [-0.25, -0.2) is 4.79 Å². The van der Waals surface area contributed by atoms with Crippen molar-refractivity contribution < 1.29 is 14.7 Å². The Morgan fingerprint density at radius 3 is 2.75 bits per heavy atom. The van der Waals surface area contributed by atoms with Gasteiger partial charge in [-0.2, -0.15) is 0 Å². The average molecular weight is 242 g/mol. The molecule has 1 aromatic rings. The summed E-state index contributed by atoms with van der Waals surface area (Å²) in [5, 5.41) is 13.2. The van der Waals surface area contributed by atoms with Gasteiger partial charge >= 0.3 is 5.97 Å². The van der Waals surface area contributed by atoms with Crippen molar-refractivity contribution in [3.63, 3.8) is 0 Å². The van der Waals surface area contributed by atoms with Crippen LogP contribution >= 0.6 is 11.3 Å². The topological polar surface area (TPSA) is 92.4 Å². The Labute approximate surface area is 97.3 Å². The van der Waals surface area contributed by atoms with Crippen LogP contribution in [0.5, 0.6) is 0 Å². The highest BCUT2D eigenvalue weighted by atomic mass is 32.1. The minimum atomic E-state index is -1.07. The number of thiophene rings is 1. The van der Waals surface area contributed by atoms with Gasteiger partial charge in [0.05, 0.1) is 0 Å². The molecular formula is C10H14N2O3S. The van der Waals surface area contributed by atoms with E-state index in [2.05, 4.69) is 5.32 Å². The molecule has 1 heterocycles. The largest absolute Gasteiger partial charge is 0.479 e. The van der Waals surface area contributed by atoms with Crippen LogP contribution in [-0.4, -0.2) is 23.5 Å². The lowest BCUT2D eigenvalue weighted by molar-refractivity contribution is -0.142. The summed E-state index contributed by atoms with van der Waals surface area (Å²) in [4.78, 5) is 23.1. The van der Waals surface area contributed by atoms with E-state index >= 15 is 0 Å². The van der Waals surface area contributed by atoms with Crippen LogP contribution in [0.2, 0.25) is 0 Å². The summed E-state index contributed by atoms with van der Waals surface area (Å²) in [6.07, 6.45) is 0. The first-order valence-corrected chi connectivity index (χ1v) is 5.71. The Kier molecular flexibility index (Phi) is 4.45. The molecule has 0 aliphatic heterocycles. The maximum absolute atomic E-state index is 11.5. The molecule has 1 amide bonds. The predicted molar refractivity (Wildman–Crippen MR) is 61.1 cm³/mol. The molecule has 0 aliphatic carbocycles. The Hall–Kier alpha value is -1.40. The molecular weight excluding hydrogens is 228 g/mol. The molecule has 5 nitrogen and oxygen atoms in total. The molecule has 0 saturated heterocycles. The van der Waals surface area contributed by atoms with Gasteiger partial charge in [-0.1, -0.05) is 13.0 Å². The number of carboxylic acid groups (broad SMARTS) is 1. The number of hydrogen-bond donors (Lipinski definition) is 3. The second-order valence-corrected chi connectivity index (χ2v) is 4.41. The van der Waals surface area contributed by atoms with Crippen molar-refractivity contribution in [2.75, 3.05) is 6.54 Å². The van der Waals surface area contributed by atoms with Crippen molar-refractivity contribution >= 4 is 23.2 Å². The van der Waals surface area contributed by atoms with E-state index in [1.807, 2.05) is 0 Å². The van der Waals surface area contributed by atoms with Crippen molar-refractivity contribution in [2.24, 2.45) is 11.7 Å². The first kappa shape index (κ1) is 12.7. The van der Waals surface area contributed by atoms with Crippen molar-refractivity contribution in [2.45, 2.75) is 13.0 Å². The zero-order chi connectivity index (χ0) is 12.1. The van der Waals surface area contributed by atoms with Crippen molar-refractivity contribution in [1.82, 2.24) is 5.32 Å². The first-order valence-electron chi connectivity index (χ1n) is 4.83. The van der Waals surface area contributed by atoms with Crippen LogP contribution in [0.25, 0.3) is 0 Å². The molecule has 6 heteroatoms. The number of carboxylic acids is 1. The second kappa shape index (κ2) is 5.62. The Bertz CT molecular complexity index is 364. The summed E-state index contributed by atoms with van der Waals surface area (Å²) in [5.74, 6) is -1.80. The molecule has 0 spiro atoms. The van der Waals surface area contributed by atoms with Gasteiger partial charge in [0, 0.05) is 17.3 Å². The zero-order valence-electron chi connectivity index (χ0n) is 8.84. The van der Waals surface area contributed by atoms with Crippen LogP contribution < -0.4 is 11.1 Å². The highest BCUT2D eigenvalue weighted by molar-refractivity contribution is 7.10. The third-order valence-electron chi connectivity index (χ3n) is 2.16. The third kappa shape index (κ3) is 3.04. The Morgan fingerprint density at radius 2 is 2.31 bits per heavy atom. The summed E-state index contributed by atoms with van der Waals surface area (Å²) >= 11 is 1.29. The van der Waals surface area contributed by atoms with Crippen LogP contribution in [0.1, 0.15) is 17.8 Å². The molecule has 88 valence electrons. The number of rotatable bonds is 5. The summed E-state index contributed by atoms with van der Waals surface area (Å²) in [7, 11) is 0. The molecule has 0 radical (unpaired) electrons. The normalized spacial score (nSPS) is 14.1. The number of nitrogens with two attached hydrogens (primary N) is 1. The van der Waals surface area contributed by atoms with E-state index in [-0.39, 0.29) is 18.4 Å². The molecule has 1 rings (SSSR count). The molecule has 2 unspecified atom stereocenters. The van der Waals surface area contributed by atoms with E-state index in [0.29, 0.717) is 4.88 Å². The quantitative estimate of drug-likeness (QED) is 0.704. The molecule has 0 fully saturated rings. The highest BCUT2D eigenvalue weighted by Crippen LogP contribution is 2.19. The SMILES string of the molecule is CC(CN)C(=O)NC(C(=O)O)c1cccs1. The van der Waals surface area contributed by atoms with Crippen LogP contribution in [-0.2, 0) is 9.59 Å². The standard InChI is InChI=1S/C10H14N2O3S/c1-6(5-11)9(13)12-8(10(14)15)7-3-2-4-16-7/h2-4,6,8H,5,11H2,1H3,(H,12,13)(H,14,15). The van der Waals surface area contributed by atoms with E-state index in [1.165, 1.54) is 11.3 Å². The number of carbonyl (C=O) groups excluding carboxylic acids is 1. The van der Waals surface area contributed by atoms with E-state index in [4.69, 9.17) is 10.8 Å². The van der Waals surface area contributed by atoms with Gasteiger partial charge in [-0.15, -0.1) is 11.3 Å². The lowest BCUT2D eigenvalue weighted by Crippen LogP contribution is -2.38. The maximum Gasteiger partial charge on any atom is 0.331 e. The van der Waals surface area contributed by atoms with Gasteiger partial charge in [0.2, 0.25) is 5.91 Å². The van der Waals surface area contributed by atoms with Gasteiger partial charge in [-0.3, -0.25) is 4.79 Å². The number of carbonyl (C=O) groups is 2. The van der Waals surface area contributed by atoms with Gasteiger partial charge < -0.3 is 16.2 Å². The summed E-state index contributed by atoms with van der Waals surface area (Å²) in [6, 6.07) is 2.44.